The minimum Gasteiger partial charge on any atom is -0.376 e. The SMILES string of the molecule is CCC(Br)C(=O)NC(C)C1CCCO1. The Bertz CT molecular complexity index is 193. The number of hydrogen-bond acceptors (Lipinski definition) is 2. The fraction of sp³-hybridized carbons (Fsp3) is 0.900. The van der Waals surface area contributed by atoms with Gasteiger partial charge in [-0.2, -0.15) is 0 Å². The number of nitrogens with one attached hydrogen (secondary N) is 1. The summed E-state index contributed by atoms with van der Waals surface area (Å²) in [7, 11) is 0. The van der Waals surface area contributed by atoms with Crippen LogP contribution in [0.5, 0.6) is 0 Å². The van der Waals surface area contributed by atoms with Crippen LogP contribution in [0.3, 0.4) is 0 Å². The quantitative estimate of drug-likeness (QED) is 0.787. The molecule has 1 saturated heterocycles. The summed E-state index contributed by atoms with van der Waals surface area (Å²) in [6.07, 6.45) is 3.18. The lowest BCUT2D eigenvalue weighted by Crippen LogP contribution is -2.43. The van der Waals surface area contributed by atoms with Crippen molar-refractivity contribution in [2.24, 2.45) is 0 Å². The third-order valence-electron chi connectivity index (χ3n) is 2.54. The van der Waals surface area contributed by atoms with Gasteiger partial charge in [-0.25, -0.2) is 0 Å². The number of carbonyl (C=O) groups excluding carboxylic acids is 1. The van der Waals surface area contributed by atoms with Gasteiger partial charge in [-0.3, -0.25) is 4.79 Å². The molecule has 1 fully saturated rings. The van der Waals surface area contributed by atoms with E-state index in [-0.39, 0.29) is 22.9 Å². The maximum atomic E-state index is 11.5. The van der Waals surface area contributed by atoms with Crippen LogP contribution in [-0.2, 0) is 9.53 Å². The summed E-state index contributed by atoms with van der Waals surface area (Å²) >= 11 is 3.33. The van der Waals surface area contributed by atoms with Crippen molar-refractivity contribution in [3.63, 3.8) is 0 Å². The van der Waals surface area contributed by atoms with Crippen LogP contribution >= 0.6 is 15.9 Å². The van der Waals surface area contributed by atoms with Crippen molar-refractivity contribution in [2.45, 2.75) is 50.1 Å². The predicted molar refractivity (Wildman–Crippen MR) is 59.6 cm³/mol. The molecule has 3 nitrogen and oxygen atoms in total. The zero-order valence-corrected chi connectivity index (χ0v) is 10.3. The molecule has 0 bridgehead atoms. The molecule has 0 saturated carbocycles. The van der Waals surface area contributed by atoms with Crippen LogP contribution in [0.4, 0.5) is 0 Å². The smallest absolute Gasteiger partial charge is 0.234 e. The van der Waals surface area contributed by atoms with Gasteiger partial charge in [-0.15, -0.1) is 0 Å². The molecule has 82 valence electrons. The fourth-order valence-electron chi connectivity index (χ4n) is 1.59. The van der Waals surface area contributed by atoms with Crippen LogP contribution in [0.25, 0.3) is 0 Å². The number of hydrogen-bond donors (Lipinski definition) is 1. The van der Waals surface area contributed by atoms with Gasteiger partial charge in [0.1, 0.15) is 0 Å². The summed E-state index contributed by atoms with van der Waals surface area (Å²) in [5, 5.41) is 2.96. The van der Waals surface area contributed by atoms with Crippen molar-refractivity contribution in [3.8, 4) is 0 Å². The van der Waals surface area contributed by atoms with Crippen LogP contribution in [0.2, 0.25) is 0 Å². The van der Waals surface area contributed by atoms with E-state index in [1.807, 2.05) is 13.8 Å². The monoisotopic (exact) mass is 263 g/mol. The van der Waals surface area contributed by atoms with E-state index in [2.05, 4.69) is 21.2 Å². The highest BCUT2D eigenvalue weighted by Gasteiger charge is 2.24. The zero-order valence-electron chi connectivity index (χ0n) is 8.75. The summed E-state index contributed by atoms with van der Waals surface area (Å²) in [5.74, 6) is 0.0653. The highest BCUT2D eigenvalue weighted by molar-refractivity contribution is 9.10. The minimum absolute atomic E-state index is 0.0653. The number of ether oxygens (including phenoxy) is 1. The molecule has 3 unspecified atom stereocenters. The molecule has 1 aliphatic rings. The highest BCUT2D eigenvalue weighted by atomic mass is 79.9. The molecule has 1 N–H and O–H groups in total. The zero-order chi connectivity index (χ0) is 10.6. The highest BCUT2D eigenvalue weighted by Crippen LogP contribution is 2.16. The van der Waals surface area contributed by atoms with E-state index in [4.69, 9.17) is 4.74 Å². The van der Waals surface area contributed by atoms with Gasteiger partial charge in [0.05, 0.1) is 17.0 Å². The minimum atomic E-state index is -0.0775. The van der Waals surface area contributed by atoms with Crippen molar-refractivity contribution in [1.29, 1.82) is 0 Å². The predicted octanol–water partition coefficient (Wildman–Crippen LogP) is 1.84. The topological polar surface area (TPSA) is 38.3 Å². The van der Waals surface area contributed by atoms with Crippen LogP contribution < -0.4 is 5.32 Å². The molecule has 0 aromatic rings. The number of amides is 1. The number of rotatable bonds is 4. The van der Waals surface area contributed by atoms with E-state index in [1.165, 1.54) is 0 Å². The molecule has 0 radical (unpaired) electrons. The fourth-order valence-corrected chi connectivity index (χ4v) is 1.72. The first-order chi connectivity index (χ1) is 6.65. The molecular formula is C10H18BrNO2. The lowest BCUT2D eigenvalue weighted by Gasteiger charge is -2.21. The van der Waals surface area contributed by atoms with Gasteiger partial charge in [0.25, 0.3) is 0 Å². The normalized spacial score (nSPS) is 25.8. The standard InChI is InChI=1S/C10H18BrNO2/c1-3-8(11)10(13)12-7(2)9-5-4-6-14-9/h7-9H,3-6H2,1-2H3,(H,12,13). The van der Waals surface area contributed by atoms with E-state index in [9.17, 15) is 4.79 Å². The average molecular weight is 264 g/mol. The number of carbonyl (C=O) groups is 1. The third-order valence-corrected chi connectivity index (χ3v) is 3.60. The Morgan fingerprint density at radius 3 is 2.93 bits per heavy atom. The molecule has 0 spiro atoms. The van der Waals surface area contributed by atoms with Crippen molar-refractivity contribution in [2.75, 3.05) is 6.61 Å². The molecule has 0 aromatic heterocycles. The largest absolute Gasteiger partial charge is 0.376 e. The van der Waals surface area contributed by atoms with Crippen LogP contribution in [0, 0.1) is 0 Å². The van der Waals surface area contributed by atoms with E-state index >= 15 is 0 Å². The lowest BCUT2D eigenvalue weighted by molar-refractivity contribution is -0.121. The molecule has 1 aliphatic heterocycles. The Balaban J connectivity index is 2.31. The second kappa shape index (κ2) is 5.71. The van der Waals surface area contributed by atoms with Crippen LogP contribution in [-0.4, -0.2) is 29.5 Å². The maximum Gasteiger partial charge on any atom is 0.234 e. The molecule has 0 aromatic carbocycles. The van der Waals surface area contributed by atoms with Gasteiger partial charge < -0.3 is 10.1 Å². The Morgan fingerprint density at radius 1 is 1.71 bits per heavy atom. The molecular weight excluding hydrogens is 246 g/mol. The van der Waals surface area contributed by atoms with Gasteiger partial charge in [-0.05, 0) is 26.2 Å². The number of halogens is 1. The molecule has 3 atom stereocenters. The molecule has 14 heavy (non-hydrogen) atoms. The lowest BCUT2D eigenvalue weighted by atomic mass is 10.1. The van der Waals surface area contributed by atoms with E-state index in [0.29, 0.717) is 0 Å². The molecule has 1 rings (SSSR count). The van der Waals surface area contributed by atoms with Crippen molar-refractivity contribution in [1.82, 2.24) is 5.32 Å². The van der Waals surface area contributed by atoms with Gasteiger partial charge in [0.15, 0.2) is 0 Å². The van der Waals surface area contributed by atoms with Gasteiger partial charge in [0, 0.05) is 6.61 Å². The molecule has 1 amide bonds. The molecule has 1 heterocycles. The second-order valence-electron chi connectivity index (χ2n) is 3.72. The van der Waals surface area contributed by atoms with E-state index in [1.54, 1.807) is 0 Å². The molecule has 4 heteroatoms. The first-order valence-corrected chi connectivity index (χ1v) is 6.12. The first kappa shape index (κ1) is 12.0. The second-order valence-corrected chi connectivity index (χ2v) is 4.83. The van der Waals surface area contributed by atoms with Crippen LogP contribution in [0.1, 0.15) is 33.1 Å². The van der Waals surface area contributed by atoms with Crippen molar-refractivity contribution < 1.29 is 9.53 Å². The summed E-state index contributed by atoms with van der Waals surface area (Å²) in [6.45, 7) is 4.81. The summed E-state index contributed by atoms with van der Waals surface area (Å²) in [4.78, 5) is 11.5. The average Bonchev–Trinajstić information content (AvgIpc) is 2.69. The third kappa shape index (κ3) is 3.24. The summed E-state index contributed by atoms with van der Waals surface area (Å²) in [5.41, 5.74) is 0. The Kier molecular flexibility index (Phi) is 4.89. The van der Waals surface area contributed by atoms with Crippen LogP contribution in [0.15, 0.2) is 0 Å². The molecule has 0 aliphatic carbocycles. The van der Waals surface area contributed by atoms with Gasteiger partial charge in [-0.1, -0.05) is 22.9 Å². The summed E-state index contributed by atoms with van der Waals surface area (Å²) < 4.78 is 5.50. The van der Waals surface area contributed by atoms with Gasteiger partial charge >= 0.3 is 0 Å². The Labute approximate surface area is 93.7 Å². The number of alkyl halides is 1. The van der Waals surface area contributed by atoms with Crippen molar-refractivity contribution in [3.05, 3.63) is 0 Å². The van der Waals surface area contributed by atoms with E-state index < -0.39 is 0 Å². The maximum absolute atomic E-state index is 11.5. The first-order valence-electron chi connectivity index (χ1n) is 5.21. The van der Waals surface area contributed by atoms with E-state index in [0.717, 1.165) is 25.9 Å². The Morgan fingerprint density at radius 2 is 2.43 bits per heavy atom. The van der Waals surface area contributed by atoms with Gasteiger partial charge in [0.2, 0.25) is 5.91 Å². The summed E-state index contributed by atoms with van der Waals surface area (Å²) in [6, 6.07) is 0.122. The van der Waals surface area contributed by atoms with Crippen molar-refractivity contribution >= 4 is 21.8 Å². The Hall–Kier alpha value is -0.0900.